The summed E-state index contributed by atoms with van der Waals surface area (Å²) in [6.07, 6.45) is -5.20. The van der Waals surface area contributed by atoms with Gasteiger partial charge in [-0.05, 0) is 17.7 Å². The molecular formula is C18H14BrF3N2O3. The average Bonchev–Trinajstić information content (AvgIpc) is 2.61. The third-order valence-electron chi connectivity index (χ3n) is 4.38. The number of hydrogen-bond acceptors (Lipinski definition) is 3. The molecule has 3 rings (SSSR count). The van der Waals surface area contributed by atoms with E-state index in [1.807, 2.05) is 0 Å². The van der Waals surface area contributed by atoms with E-state index in [1.54, 1.807) is 18.2 Å². The van der Waals surface area contributed by atoms with E-state index in [0.717, 1.165) is 0 Å². The highest BCUT2D eigenvalue weighted by Gasteiger charge is 2.59. The monoisotopic (exact) mass is 442 g/mol. The first-order chi connectivity index (χ1) is 12.6. The summed E-state index contributed by atoms with van der Waals surface area (Å²) in [7, 11) is 0. The van der Waals surface area contributed by atoms with Crippen LogP contribution in [0.2, 0.25) is 0 Å². The van der Waals surface area contributed by atoms with Gasteiger partial charge in [-0.1, -0.05) is 58.4 Å². The fourth-order valence-corrected chi connectivity index (χ4v) is 3.43. The molecule has 5 nitrogen and oxygen atoms in total. The van der Waals surface area contributed by atoms with E-state index >= 15 is 0 Å². The summed E-state index contributed by atoms with van der Waals surface area (Å²) in [5, 5.41) is 15.6. The highest BCUT2D eigenvalue weighted by Crippen LogP contribution is 2.42. The van der Waals surface area contributed by atoms with E-state index in [9.17, 15) is 27.9 Å². The van der Waals surface area contributed by atoms with E-state index in [4.69, 9.17) is 0 Å². The smallest absolute Gasteiger partial charge is 0.366 e. The second-order valence-electron chi connectivity index (χ2n) is 6.10. The summed E-state index contributed by atoms with van der Waals surface area (Å²) in [6.45, 7) is 0. The van der Waals surface area contributed by atoms with Crippen LogP contribution >= 0.6 is 15.9 Å². The molecule has 0 aliphatic carbocycles. The molecule has 0 spiro atoms. The van der Waals surface area contributed by atoms with Crippen molar-refractivity contribution in [1.82, 2.24) is 10.6 Å². The van der Waals surface area contributed by atoms with Crippen LogP contribution in [0.5, 0.6) is 0 Å². The fraction of sp³-hybridized carbons (Fsp3) is 0.222. The Morgan fingerprint density at radius 1 is 1.07 bits per heavy atom. The molecule has 0 radical (unpaired) electrons. The third kappa shape index (κ3) is 3.70. The zero-order chi connectivity index (χ0) is 19.8. The predicted molar refractivity (Wildman–Crippen MR) is 93.4 cm³/mol. The summed E-state index contributed by atoms with van der Waals surface area (Å²) in [5.41, 5.74) is -2.31. The lowest BCUT2D eigenvalue weighted by molar-refractivity contribution is -0.190. The molecule has 3 unspecified atom stereocenters. The number of urea groups is 1. The number of rotatable bonds is 3. The van der Waals surface area contributed by atoms with Crippen LogP contribution in [0, 0.1) is 5.92 Å². The van der Waals surface area contributed by atoms with Gasteiger partial charge in [0.2, 0.25) is 5.78 Å². The molecule has 9 heteroatoms. The lowest BCUT2D eigenvalue weighted by Crippen LogP contribution is -2.66. The molecular weight excluding hydrogens is 429 g/mol. The lowest BCUT2D eigenvalue weighted by Gasteiger charge is -2.45. The molecule has 1 aliphatic heterocycles. The van der Waals surface area contributed by atoms with Gasteiger partial charge in [0, 0.05) is 10.0 Å². The van der Waals surface area contributed by atoms with Gasteiger partial charge in [0.1, 0.15) is 5.92 Å². The predicted octanol–water partition coefficient (Wildman–Crippen LogP) is 3.40. The Morgan fingerprint density at radius 2 is 1.67 bits per heavy atom. The molecule has 2 amide bonds. The summed E-state index contributed by atoms with van der Waals surface area (Å²) >= 11 is 3.20. The normalized spacial score (nSPS) is 25.4. The fourth-order valence-electron chi connectivity index (χ4n) is 3.16. The second kappa shape index (κ2) is 6.97. The van der Waals surface area contributed by atoms with Crippen molar-refractivity contribution in [3.8, 4) is 0 Å². The Bertz CT molecular complexity index is 858. The second-order valence-corrected chi connectivity index (χ2v) is 7.02. The van der Waals surface area contributed by atoms with Crippen molar-refractivity contribution in [3.63, 3.8) is 0 Å². The summed E-state index contributed by atoms with van der Waals surface area (Å²) < 4.78 is 40.6. The van der Waals surface area contributed by atoms with E-state index < -0.39 is 35.7 Å². The number of benzene rings is 2. The highest BCUT2D eigenvalue weighted by atomic mass is 79.9. The van der Waals surface area contributed by atoms with Crippen LogP contribution in [0.25, 0.3) is 0 Å². The summed E-state index contributed by atoms with van der Waals surface area (Å²) in [5.74, 6) is -4.17. The SMILES string of the molecule is O=C1NC(c2ccccc2)C(C(=O)C(F)(F)F)C(O)(c2ccc(Br)cc2)N1. The number of alkyl halides is 3. The van der Waals surface area contributed by atoms with Gasteiger partial charge in [-0.2, -0.15) is 13.2 Å². The van der Waals surface area contributed by atoms with Crippen molar-refractivity contribution in [2.24, 2.45) is 5.92 Å². The molecule has 1 fully saturated rings. The molecule has 0 aromatic heterocycles. The highest BCUT2D eigenvalue weighted by molar-refractivity contribution is 9.10. The van der Waals surface area contributed by atoms with E-state index in [-0.39, 0.29) is 11.1 Å². The van der Waals surface area contributed by atoms with Crippen LogP contribution < -0.4 is 10.6 Å². The van der Waals surface area contributed by atoms with Crippen LogP contribution in [-0.2, 0) is 10.5 Å². The maximum absolute atomic E-state index is 13.3. The molecule has 1 aliphatic rings. The van der Waals surface area contributed by atoms with Gasteiger partial charge in [-0.3, -0.25) is 4.79 Å². The van der Waals surface area contributed by atoms with Crippen LogP contribution in [0.4, 0.5) is 18.0 Å². The van der Waals surface area contributed by atoms with Gasteiger partial charge in [0.15, 0.2) is 5.72 Å². The molecule has 3 N–H and O–H groups in total. The first-order valence-corrected chi connectivity index (χ1v) is 8.65. The van der Waals surface area contributed by atoms with Crippen molar-refractivity contribution in [2.45, 2.75) is 17.9 Å². The van der Waals surface area contributed by atoms with Crippen LogP contribution in [0.3, 0.4) is 0 Å². The van der Waals surface area contributed by atoms with Crippen molar-refractivity contribution >= 4 is 27.7 Å². The Balaban J connectivity index is 2.18. The quantitative estimate of drug-likeness (QED) is 0.681. The minimum atomic E-state index is -5.20. The molecule has 1 saturated heterocycles. The van der Waals surface area contributed by atoms with Gasteiger partial charge >= 0.3 is 12.2 Å². The minimum absolute atomic E-state index is 0.0379. The van der Waals surface area contributed by atoms with Crippen LogP contribution in [-0.4, -0.2) is 23.1 Å². The minimum Gasteiger partial charge on any atom is -0.366 e. The molecule has 2 aromatic rings. The van der Waals surface area contributed by atoms with Gasteiger partial charge in [0.25, 0.3) is 0 Å². The number of halogens is 4. The Kier molecular flexibility index (Phi) is 5.00. The molecule has 142 valence electrons. The zero-order valence-electron chi connectivity index (χ0n) is 13.6. The maximum atomic E-state index is 13.3. The van der Waals surface area contributed by atoms with Crippen molar-refractivity contribution in [1.29, 1.82) is 0 Å². The largest absolute Gasteiger partial charge is 0.450 e. The number of aliphatic hydroxyl groups is 1. The van der Waals surface area contributed by atoms with Crippen molar-refractivity contribution < 1.29 is 27.9 Å². The van der Waals surface area contributed by atoms with Crippen molar-refractivity contribution in [3.05, 3.63) is 70.2 Å². The molecule has 2 aromatic carbocycles. The zero-order valence-corrected chi connectivity index (χ0v) is 15.2. The van der Waals surface area contributed by atoms with E-state index in [2.05, 4.69) is 26.6 Å². The first kappa shape index (κ1) is 19.4. The Labute approximate surface area is 160 Å². The van der Waals surface area contributed by atoms with Crippen molar-refractivity contribution in [2.75, 3.05) is 0 Å². The first-order valence-electron chi connectivity index (χ1n) is 7.86. The van der Waals surface area contributed by atoms with E-state index in [1.165, 1.54) is 36.4 Å². The molecule has 3 atom stereocenters. The van der Waals surface area contributed by atoms with Crippen LogP contribution in [0.1, 0.15) is 17.2 Å². The number of carbonyl (C=O) groups excluding carboxylic acids is 2. The number of carbonyl (C=O) groups is 2. The topological polar surface area (TPSA) is 78.4 Å². The standard InChI is InChI=1S/C18H14BrF3N2O3/c19-12-8-6-11(7-9-12)17(27)13(15(25)18(20,21)22)14(23-16(26)24-17)10-4-2-1-3-5-10/h1-9,13-14,27H,(H2,23,24,26). The maximum Gasteiger partial charge on any atom is 0.450 e. The summed E-state index contributed by atoms with van der Waals surface area (Å²) in [4.78, 5) is 24.4. The number of Topliss-reactive ketones (excluding diaryl/α,β-unsaturated/α-hetero) is 1. The summed E-state index contributed by atoms with van der Waals surface area (Å²) in [6, 6.07) is 11.2. The number of hydrogen-bond donors (Lipinski definition) is 3. The molecule has 0 bridgehead atoms. The van der Waals surface area contributed by atoms with Gasteiger partial charge < -0.3 is 15.7 Å². The Hall–Kier alpha value is -2.39. The lowest BCUT2D eigenvalue weighted by atomic mass is 9.76. The van der Waals surface area contributed by atoms with E-state index in [0.29, 0.717) is 4.47 Å². The van der Waals surface area contributed by atoms with Gasteiger partial charge in [-0.15, -0.1) is 0 Å². The van der Waals surface area contributed by atoms with Crippen LogP contribution in [0.15, 0.2) is 59.1 Å². The van der Waals surface area contributed by atoms with Gasteiger partial charge in [0.05, 0.1) is 6.04 Å². The number of amides is 2. The number of ketones is 1. The average molecular weight is 443 g/mol. The number of nitrogens with one attached hydrogen (secondary N) is 2. The third-order valence-corrected chi connectivity index (χ3v) is 4.91. The molecule has 0 saturated carbocycles. The molecule has 1 heterocycles. The Morgan fingerprint density at radius 3 is 2.22 bits per heavy atom. The molecule has 27 heavy (non-hydrogen) atoms. The van der Waals surface area contributed by atoms with Gasteiger partial charge in [-0.25, -0.2) is 4.79 Å².